The zero-order chi connectivity index (χ0) is 15.2. The van der Waals surface area contributed by atoms with E-state index in [0.29, 0.717) is 22.7 Å². The molecule has 0 unspecified atom stereocenters. The Morgan fingerprint density at radius 1 is 1.38 bits per heavy atom. The van der Waals surface area contributed by atoms with E-state index in [0.717, 1.165) is 5.69 Å². The second kappa shape index (κ2) is 6.88. The fourth-order valence-corrected chi connectivity index (χ4v) is 2.58. The van der Waals surface area contributed by atoms with Gasteiger partial charge in [-0.15, -0.1) is 11.3 Å². The minimum atomic E-state index is -0.280. The number of aliphatic hydroxyl groups is 1. The van der Waals surface area contributed by atoms with Crippen LogP contribution in [-0.4, -0.2) is 31.2 Å². The number of hydrogen-bond acceptors (Lipinski definition) is 5. The molecule has 0 saturated heterocycles. The predicted octanol–water partition coefficient (Wildman–Crippen LogP) is 2.30. The molecule has 108 valence electrons. The van der Waals surface area contributed by atoms with Crippen molar-refractivity contribution in [3.63, 3.8) is 0 Å². The van der Waals surface area contributed by atoms with Crippen LogP contribution in [-0.2, 0) is 0 Å². The van der Waals surface area contributed by atoms with E-state index >= 15 is 0 Å². The number of likely N-dealkylation sites (N-methyl/N-ethyl adjacent to an activating group) is 1. The van der Waals surface area contributed by atoms with Crippen LogP contribution in [0.5, 0.6) is 0 Å². The molecular formula is C15H15N3O2S. The molecule has 1 heterocycles. The molecule has 2 rings (SSSR count). The molecule has 21 heavy (non-hydrogen) atoms. The van der Waals surface area contributed by atoms with E-state index in [1.54, 1.807) is 23.6 Å². The van der Waals surface area contributed by atoms with Gasteiger partial charge in [-0.3, -0.25) is 4.79 Å². The minimum Gasteiger partial charge on any atom is -0.395 e. The van der Waals surface area contributed by atoms with Crippen molar-refractivity contribution in [2.24, 2.45) is 0 Å². The average molecular weight is 301 g/mol. The summed E-state index contributed by atoms with van der Waals surface area (Å²) in [6, 6.07) is 10.9. The number of anilines is 2. The van der Waals surface area contributed by atoms with Crippen LogP contribution in [0, 0.1) is 11.3 Å². The second-order valence-electron chi connectivity index (χ2n) is 4.42. The molecule has 0 aliphatic carbocycles. The number of amides is 1. The van der Waals surface area contributed by atoms with Crippen LogP contribution in [0.25, 0.3) is 0 Å². The molecule has 0 radical (unpaired) electrons. The van der Waals surface area contributed by atoms with Gasteiger partial charge in [0.1, 0.15) is 10.9 Å². The lowest BCUT2D eigenvalue weighted by molar-refractivity contribution is 0.103. The molecule has 0 atom stereocenters. The third-order valence-corrected chi connectivity index (χ3v) is 3.91. The van der Waals surface area contributed by atoms with Gasteiger partial charge in [-0.05, 0) is 35.7 Å². The standard InChI is InChI=1S/C15H15N3O2S/c1-18(7-8-19)13-4-2-12(3-5-13)17-15(20)14-11(10-16)6-9-21-14/h2-6,9,19H,7-8H2,1H3,(H,17,20). The summed E-state index contributed by atoms with van der Waals surface area (Å²) in [7, 11) is 1.88. The number of hydrogen-bond donors (Lipinski definition) is 2. The quantitative estimate of drug-likeness (QED) is 0.888. The Bertz CT molecular complexity index is 658. The van der Waals surface area contributed by atoms with Crippen molar-refractivity contribution >= 4 is 28.6 Å². The molecular weight excluding hydrogens is 286 g/mol. The molecule has 2 aromatic rings. The smallest absolute Gasteiger partial charge is 0.267 e. The molecule has 0 aliphatic heterocycles. The zero-order valence-corrected chi connectivity index (χ0v) is 12.4. The monoisotopic (exact) mass is 301 g/mol. The van der Waals surface area contributed by atoms with Gasteiger partial charge in [-0.1, -0.05) is 0 Å². The van der Waals surface area contributed by atoms with Crippen LogP contribution in [0.1, 0.15) is 15.2 Å². The first kappa shape index (κ1) is 15.0. The van der Waals surface area contributed by atoms with E-state index in [1.165, 1.54) is 11.3 Å². The summed E-state index contributed by atoms with van der Waals surface area (Å²) in [5.74, 6) is -0.280. The maximum absolute atomic E-state index is 12.1. The molecule has 1 aromatic heterocycles. The van der Waals surface area contributed by atoms with Crippen LogP contribution >= 0.6 is 11.3 Å². The zero-order valence-electron chi connectivity index (χ0n) is 11.5. The Labute approximate surface area is 127 Å². The molecule has 0 spiro atoms. The predicted molar refractivity (Wildman–Crippen MR) is 83.8 cm³/mol. The molecule has 1 aromatic carbocycles. The van der Waals surface area contributed by atoms with Crippen LogP contribution in [0.2, 0.25) is 0 Å². The van der Waals surface area contributed by atoms with Crippen LogP contribution in [0.4, 0.5) is 11.4 Å². The Hall–Kier alpha value is -2.36. The van der Waals surface area contributed by atoms with E-state index in [2.05, 4.69) is 5.32 Å². The molecule has 2 N–H and O–H groups in total. The van der Waals surface area contributed by atoms with Gasteiger partial charge in [0.25, 0.3) is 5.91 Å². The Kier molecular flexibility index (Phi) is 4.93. The lowest BCUT2D eigenvalue weighted by Gasteiger charge is -2.18. The van der Waals surface area contributed by atoms with Gasteiger partial charge in [0.15, 0.2) is 0 Å². The van der Waals surface area contributed by atoms with Gasteiger partial charge in [-0.2, -0.15) is 5.26 Å². The summed E-state index contributed by atoms with van der Waals surface area (Å²) in [4.78, 5) is 14.4. The van der Waals surface area contributed by atoms with E-state index in [-0.39, 0.29) is 12.5 Å². The van der Waals surface area contributed by atoms with Crippen LogP contribution in [0.3, 0.4) is 0 Å². The number of thiophene rings is 1. The summed E-state index contributed by atoms with van der Waals surface area (Å²) in [6.45, 7) is 0.636. The van der Waals surface area contributed by atoms with E-state index in [9.17, 15) is 4.79 Å². The lowest BCUT2D eigenvalue weighted by Crippen LogP contribution is -2.21. The van der Waals surface area contributed by atoms with Crippen molar-refractivity contribution < 1.29 is 9.90 Å². The number of nitrogens with one attached hydrogen (secondary N) is 1. The first-order valence-corrected chi connectivity index (χ1v) is 7.24. The van der Waals surface area contributed by atoms with Gasteiger partial charge in [0, 0.05) is 25.0 Å². The first-order chi connectivity index (χ1) is 10.2. The third kappa shape index (κ3) is 3.60. The normalized spacial score (nSPS) is 9.95. The summed E-state index contributed by atoms with van der Waals surface area (Å²) in [5.41, 5.74) is 2.01. The van der Waals surface area contributed by atoms with Crippen LogP contribution < -0.4 is 10.2 Å². The van der Waals surface area contributed by atoms with Crippen molar-refractivity contribution in [3.8, 4) is 6.07 Å². The topological polar surface area (TPSA) is 76.4 Å². The minimum absolute atomic E-state index is 0.0876. The van der Waals surface area contributed by atoms with Crippen LogP contribution in [0.15, 0.2) is 35.7 Å². The van der Waals surface area contributed by atoms with E-state index in [1.807, 2.05) is 30.1 Å². The largest absolute Gasteiger partial charge is 0.395 e. The summed E-state index contributed by atoms with van der Waals surface area (Å²) in [5, 5.41) is 22.3. The van der Waals surface area contributed by atoms with Crippen molar-refractivity contribution in [1.82, 2.24) is 0 Å². The molecule has 1 amide bonds. The number of aliphatic hydroxyl groups excluding tert-OH is 1. The fourth-order valence-electron chi connectivity index (χ4n) is 1.84. The summed E-state index contributed by atoms with van der Waals surface area (Å²) >= 11 is 1.25. The van der Waals surface area contributed by atoms with E-state index in [4.69, 9.17) is 10.4 Å². The molecule has 0 aliphatic rings. The molecule has 0 bridgehead atoms. The first-order valence-electron chi connectivity index (χ1n) is 6.36. The number of nitrogens with zero attached hydrogens (tertiary/aromatic N) is 2. The fraction of sp³-hybridized carbons (Fsp3) is 0.200. The van der Waals surface area contributed by atoms with Gasteiger partial charge < -0.3 is 15.3 Å². The molecule has 5 nitrogen and oxygen atoms in total. The van der Waals surface area contributed by atoms with Gasteiger partial charge in [0.2, 0.25) is 0 Å². The number of carbonyl (C=O) groups is 1. The molecule has 0 saturated carbocycles. The van der Waals surface area contributed by atoms with Crippen molar-refractivity contribution in [2.75, 3.05) is 30.4 Å². The van der Waals surface area contributed by atoms with Crippen molar-refractivity contribution in [2.45, 2.75) is 0 Å². The highest BCUT2D eigenvalue weighted by Gasteiger charge is 2.13. The number of rotatable bonds is 5. The van der Waals surface area contributed by atoms with Crippen molar-refractivity contribution in [1.29, 1.82) is 5.26 Å². The maximum atomic E-state index is 12.1. The van der Waals surface area contributed by atoms with Gasteiger partial charge in [0.05, 0.1) is 12.2 Å². The Morgan fingerprint density at radius 2 is 2.10 bits per heavy atom. The van der Waals surface area contributed by atoms with Crippen molar-refractivity contribution in [3.05, 3.63) is 46.2 Å². The third-order valence-electron chi connectivity index (χ3n) is 2.99. The number of benzene rings is 1. The number of nitriles is 1. The summed E-state index contributed by atoms with van der Waals surface area (Å²) < 4.78 is 0. The molecule has 0 fully saturated rings. The average Bonchev–Trinajstić information content (AvgIpc) is 2.97. The number of carbonyl (C=O) groups excluding carboxylic acids is 1. The van der Waals surface area contributed by atoms with Gasteiger partial charge in [-0.25, -0.2) is 0 Å². The second-order valence-corrected chi connectivity index (χ2v) is 5.34. The SMILES string of the molecule is CN(CCO)c1ccc(NC(=O)c2sccc2C#N)cc1. The Morgan fingerprint density at radius 3 is 2.71 bits per heavy atom. The van der Waals surface area contributed by atoms with Gasteiger partial charge >= 0.3 is 0 Å². The molecule has 6 heteroatoms. The highest BCUT2D eigenvalue weighted by Crippen LogP contribution is 2.20. The highest BCUT2D eigenvalue weighted by molar-refractivity contribution is 7.12. The maximum Gasteiger partial charge on any atom is 0.267 e. The highest BCUT2D eigenvalue weighted by atomic mass is 32.1. The Balaban J connectivity index is 2.07. The van der Waals surface area contributed by atoms with E-state index < -0.39 is 0 Å². The summed E-state index contributed by atoms with van der Waals surface area (Å²) in [6.07, 6.45) is 0. The lowest BCUT2D eigenvalue weighted by atomic mass is 10.2.